The molecular formula is C12H18N2O3. The molecule has 0 fully saturated rings. The van der Waals surface area contributed by atoms with Crippen LogP contribution in [0.25, 0.3) is 0 Å². The largest absolute Gasteiger partial charge is 0.472 e. The molecule has 1 atom stereocenters. The summed E-state index contributed by atoms with van der Waals surface area (Å²) in [5.74, 6) is -0.141. The van der Waals surface area contributed by atoms with Crippen molar-refractivity contribution in [2.45, 2.75) is 26.8 Å². The van der Waals surface area contributed by atoms with Crippen LogP contribution in [0.5, 0.6) is 0 Å². The van der Waals surface area contributed by atoms with E-state index in [1.165, 1.54) is 12.5 Å². The lowest BCUT2D eigenvalue weighted by atomic mass is 10.1. The van der Waals surface area contributed by atoms with Gasteiger partial charge in [0.15, 0.2) is 0 Å². The molecule has 0 aliphatic rings. The number of rotatable bonds is 5. The minimum atomic E-state index is -0.314. The van der Waals surface area contributed by atoms with E-state index in [1.807, 2.05) is 20.8 Å². The summed E-state index contributed by atoms with van der Waals surface area (Å²) >= 11 is 0. The van der Waals surface area contributed by atoms with Crippen LogP contribution in [0.2, 0.25) is 0 Å². The highest BCUT2D eigenvalue weighted by molar-refractivity contribution is 5.96. The molecule has 0 aliphatic heterocycles. The summed E-state index contributed by atoms with van der Waals surface area (Å²) in [5.41, 5.74) is 0.412. The first-order valence-electron chi connectivity index (χ1n) is 5.60. The van der Waals surface area contributed by atoms with E-state index >= 15 is 0 Å². The highest BCUT2D eigenvalue weighted by atomic mass is 16.3. The number of hydrogen-bond acceptors (Lipinski definition) is 3. The van der Waals surface area contributed by atoms with Crippen molar-refractivity contribution in [2.75, 3.05) is 6.54 Å². The first-order chi connectivity index (χ1) is 8.00. The van der Waals surface area contributed by atoms with E-state index < -0.39 is 0 Å². The summed E-state index contributed by atoms with van der Waals surface area (Å²) < 4.78 is 4.78. The predicted molar refractivity (Wildman–Crippen MR) is 63.5 cm³/mol. The Labute approximate surface area is 101 Å². The zero-order valence-electron chi connectivity index (χ0n) is 10.3. The monoisotopic (exact) mass is 238 g/mol. The summed E-state index contributed by atoms with van der Waals surface area (Å²) in [6, 6.07) is 1.64. The lowest BCUT2D eigenvalue weighted by molar-refractivity contribution is -0.121. The van der Waals surface area contributed by atoms with E-state index in [2.05, 4.69) is 10.6 Å². The van der Waals surface area contributed by atoms with E-state index in [4.69, 9.17) is 4.42 Å². The second kappa shape index (κ2) is 6.08. The quantitative estimate of drug-likeness (QED) is 0.809. The van der Waals surface area contributed by atoms with Crippen LogP contribution in [-0.2, 0) is 4.79 Å². The maximum Gasteiger partial charge on any atom is 0.254 e. The van der Waals surface area contributed by atoms with Crippen LogP contribution < -0.4 is 10.6 Å². The Kier molecular flexibility index (Phi) is 4.75. The van der Waals surface area contributed by atoms with Crippen molar-refractivity contribution < 1.29 is 14.0 Å². The molecule has 0 aromatic carbocycles. The zero-order valence-corrected chi connectivity index (χ0v) is 10.3. The van der Waals surface area contributed by atoms with Gasteiger partial charge in [0.25, 0.3) is 5.91 Å². The van der Waals surface area contributed by atoms with Crippen LogP contribution in [0.1, 0.15) is 31.1 Å². The first-order valence-corrected chi connectivity index (χ1v) is 5.60. The molecule has 17 heavy (non-hydrogen) atoms. The lowest BCUT2D eigenvalue weighted by Gasteiger charge is -2.17. The standard InChI is InChI=1S/C12H18N2O3/c1-8(2)9(3)14-11(15)6-13-12(16)10-4-5-17-7-10/h4-5,7-9H,6H2,1-3H3,(H,13,16)(H,14,15)/t9-/m1/s1. The van der Waals surface area contributed by atoms with Crippen molar-refractivity contribution in [3.63, 3.8) is 0 Å². The Bertz CT molecular complexity index is 371. The summed E-state index contributed by atoms with van der Waals surface area (Å²) in [6.45, 7) is 5.95. The SMILES string of the molecule is CC(C)[C@@H](C)NC(=O)CNC(=O)c1ccoc1. The van der Waals surface area contributed by atoms with Crippen molar-refractivity contribution in [1.82, 2.24) is 10.6 Å². The lowest BCUT2D eigenvalue weighted by Crippen LogP contribution is -2.42. The molecule has 0 saturated heterocycles. The number of furan rings is 1. The van der Waals surface area contributed by atoms with Gasteiger partial charge >= 0.3 is 0 Å². The number of carbonyl (C=O) groups excluding carboxylic acids is 2. The number of carbonyl (C=O) groups is 2. The molecule has 1 aromatic heterocycles. The van der Waals surface area contributed by atoms with Gasteiger partial charge in [-0.2, -0.15) is 0 Å². The number of hydrogen-bond donors (Lipinski definition) is 2. The smallest absolute Gasteiger partial charge is 0.254 e. The highest BCUT2D eigenvalue weighted by Gasteiger charge is 2.12. The van der Waals surface area contributed by atoms with Gasteiger partial charge < -0.3 is 15.1 Å². The first kappa shape index (κ1) is 13.3. The molecule has 0 spiro atoms. The normalized spacial score (nSPS) is 12.2. The predicted octanol–water partition coefficient (Wildman–Crippen LogP) is 1.17. The van der Waals surface area contributed by atoms with Gasteiger partial charge in [-0.1, -0.05) is 13.8 Å². The van der Waals surface area contributed by atoms with Crippen molar-refractivity contribution in [2.24, 2.45) is 5.92 Å². The topological polar surface area (TPSA) is 71.3 Å². The molecule has 94 valence electrons. The van der Waals surface area contributed by atoms with Gasteiger partial charge in [0.05, 0.1) is 18.4 Å². The minimum Gasteiger partial charge on any atom is -0.472 e. The van der Waals surface area contributed by atoms with Gasteiger partial charge in [0, 0.05) is 6.04 Å². The number of nitrogens with one attached hydrogen (secondary N) is 2. The van der Waals surface area contributed by atoms with Crippen LogP contribution in [0, 0.1) is 5.92 Å². The third kappa shape index (κ3) is 4.30. The van der Waals surface area contributed by atoms with E-state index in [-0.39, 0.29) is 24.4 Å². The molecule has 0 unspecified atom stereocenters. The fourth-order valence-electron chi connectivity index (χ4n) is 1.13. The molecular weight excluding hydrogens is 220 g/mol. The zero-order chi connectivity index (χ0) is 12.8. The van der Waals surface area contributed by atoms with E-state index in [9.17, 15) is 9.59 Å². The average molecular weight is 238 g/mol. The fraction of sp³-hybridized carbons (Fsp3) is 0.500. The average Bonchev–Trinajstić information content (AvgIpc) is 2.79. The molecule has 0 radical (unpaired) electrons. The highest BCUT2D eigenvalue weighted by Crippen LogP contribution is 2.00. The van der Waals surface area contributed by atoms with Crippen LogP contribution in [0.3, 0.4) is 0 Å². The minimum absolute atomic E-state index is 0.0267. The molecule has 1 heterocycles. The molecule has 5 heteroatoms. The Morgan fingerprint density at radius 3 is 2.59 bits per heavy atom. The fourth-order valence-corrected chi connectivity index (χ4v) is 1.13. The summed E-state index contributed by atoms with van der Waals surface area (Å²) in [7, 11) is 0. The van der Waals surface area contributed by atoms with Gasteiger partial charge in [-0.3, -0.25) is 9.59 Å². The molecule has 0 bridgehead atoms. The van der Waals surface area contributed by atoms with Crippen molar-refractivity contribution >= 4 is 11.8 Å². The van der Waals surface area contributed by atoms with Crippen LogP contribution in [-0.4, -0.2) is 24.4 Å². The van der Waals surface area contributed by atoms with Crippen LogP contribution >= 0.6 is 0 Å². The molecule has 1 aromatic rings. The Morgan fingerprint density at radius 1 is 1.35 bits per heavy atom. The van der Waals surface area contributed by atoms with Gasteiger partial charge in [0.1, 0.15) is 6.26 Å². The molecule has 0 aliphatic carbocycles. The summed E-state index contributed by atoms with van der Waals surface area (Å²) in [4.78, 5) is 23.0. The Balaban J connectivity index is 2.31. The second-order valence-corrected chi connectivity index (χ2v) is 4.29. The van der Waals surface area contributed by atoms with Gasteiger partial charge in [-0.15, -0.1) is 0 Å². The van der Waals surface area contributed by atoms with E-state index in [0.717, 1.165) is 0 Å². The second-order valence-electron chi connectivity index (χ2n) is 4.29. The molecule has 2 amide bonds. The van der Waals surface area contributed by atoms with E-state index in [0.29, 0.717) is 11.5 Å². The third-order valence-corrected chi connectivity index (χ3v) is 2.58. The van der Waals surface area contributed by atoms with Crippen molar-refractivity contribution in [3.05, 3.63) is 24.2 Å². The Morgan fingerprint density at radius 2 is 2.06 bits per heavy atom. The van der Waals surface area contributed by atoms with E-state index in [1.54, 1.807) is 6.07 Å². The van der Waals surface area contributed by atoms with Crippen LogP contribution in [0.15, 0.2) is 23.0 Å². The van der Waals surface area contributed by atoms with Gasteiger partial charge in [-0.05, 0) is 18.9 Å². The Hall–Kier alpha value is -1.78. The number of amides is 2. The third-order valence-electron chi connectivity index (χ3n) is 2.58. The van der Waals surface area contributed by atoms with Crippen molar-refractivity contribution in [1.29, 1.82) is 0 Å². The summed E-state index contributed by atoms with van der Waals surface area (Å²) in [6.07, 6.45) is 2.75. The van der Waals surface area contributed by atoms with Crippen LogP contribution in [0.4, 0.5) is 0 Å². The molecule has 0 saturated carbocycles. The summed E-state index contributed by atoms with van der Waals surface area (Å²) in [5, 5.41) is 5.32. The van der Waals surface area contributed by atoms with Gasteiger partial charge in [-0.25, -0.2) is 0 Å². The van der Waals surface area contributed by atoms with Crippen molar-refractivity contribution in [3.8, 4) is 0 Å². The maximum absolute atomic E-state index is 11.5. The molecule has 1 rings (SSSR count). The van der Waals surface area contributed by atoms with Gasteiger partial charge in [0.2, 0.25) is 5.91 Å². The molecule has 2 N–H and O–H groups in total. The molecule has 5 nitrogen and oxygen atoms in total. The maximum atomic E-state index is 11.5.